The summed E-state index contributed by atoms with van der Waals surface area (Å²) in [5.74, 6) is -0.968. The first-order valence-corrected chi connectivity index (χ1v) is 5.01. The molecule has 4 nitrogen and oxygen atoms in total. The summed E-state index contributed by atoms with van der Waals surface area (Å²) in [5, 5.41) is 9.69. The standard InChI is InChI=1S/C12H12O4/c1-7(2)15-12-10(11(13)14)8-5-3-4-6-9(8)16-12/h3-7H,1-2H3,(H,13,14). The van der Waals surface area contributed by atoms with Crippen LogP contribution in [0.15, 0.2) is 28.7 Å². The van der Waals surface area contributed by atoms with E-state index in [1.165, 1.54) is 0 Å². The van der Waals surface area contributed by atoms with Gasteiger partial charge in [0.1, 0.15) is 5.58 Å². The third kappa shape index (κ3) is 1.74. The number of ether oxygens (including phenoxy) is 1. The lowest BCUT2D eigenvalue weighted by Crippen LogP contribution is -2.08. The second-order valence-electron chi connectivity index (χ2n) is 3.73. The highest BCUT2D eigenvalue weighted by Crippen LogP contribution is 2.32. The maximum atomic E-state index is 11.1. The van der Waals surface area contributed by atoms with Crippen LogP contribution in [0.25, 0.3) is 11.0 Å². The van der Waals surface area contributed by atoms with Gasteiger partial charge in [0.05, 0.1) is 6.10 Å². The molecule has 0 aliphatic rings. The summed E-state index contributed by atoms with van der Waals surface area (Å²) < 4.78 is 10.7. The van der Waals surface area contributed by atoms with Gasteiger partial charge in [0, 0.05) is 5.39 Å². The largest absolute Gasteiger partial charge is 0.477 e. The minimum Gasteiger partial charge on any atom is -0.477 e. The van der Waals surface area contributed by atoms with Crippen LogP contribution < -0.4 is 4.74 Å². The lowest BCUT2D eigenvalue weighted by atomic mass is 10.2. The van der Waals surface area contributed by atoms with Gasteiger partial charge in [0.15, 0.2) is 5.56 Å². The number of furan rings is 1. The van der Waals surface area contributed by atoms with Crippen LogP contribution in [-0.4, -0.2) is 17.2 Å². The van der Waals surface area contributed by atoms with Gasteiger partial charge >= 0.3 is 11.9 Å². The van der Waals surface area contributed by atoms with Crippen LogP contribution in [0, 0.1) is 0 Å². The van der Waals surface area contributed by atoms with E-state index < -0.39 is 5.97 Å². The predicted molar refractivity (Wildman–Crippen MR) is 58.9 cm³/mol. The third-order valence-corrected chi connectivity index (χ3v) is 2.12. The van der Waals surface area contributed by atoms with E-state index in [1.807, 2.05) is 13.8 Å². The topological polar surface area (TPSA) is 59.7 Å². The molecule has 0 amide bonds. The molecule has 4 heteroatoms. The van der Waals surface area contributed by atoms with E-state index in [0.29, 0.717) is 11.0 Å². The fraction of sp³-hybridized carbons (Fsp3) is 0.250. The van der Waals surface area contributed by atoms with Crippen molar-refractivity contribution in [1.82, 2.24) is 0 Å². The Labute approximate surface area is 92.4 Å². The fourth-order valence-corrected chi connectivity index (χ4v) is 1.52. The molecule has 0 unspecified atom stereocenters. The Balaban J connectivity index is 2.63. The fourth-order valence-electron chi connectivity index (χ4n) is 1.52. The number of benzene rings is 1. The second-order valence-corrected chi connectivity index (χ2v) is 3.73. The Morgan fingerprint density at radius 3 is 2.69 bits per heavy atom. The molecule has 2 rings (SSSR count). The van der Waals surface area contributed by atoms with Crippen molar-refractivity contribution in [3.05, 3.63) is 29.8 Å². The minimum atomic E-state index is -1.04. The Bertz CT molecular complexity index is 525. The van der Waals surface area contributed by atoms with Crippen LogP contribution in [0.2, 0.25) is 0 Å². The summed E-state index contributed by atoms with van der Waals surface area (Å²) in [5.41, 5.74) is 0.611. The highest BCUT2D eigenvalue weighted by Gasteiger charge is 2.22. The number of hydrogen-bond donors (Lipinski definition) is 1. The molecule has 0 spiro atoms. The van der Waals surface area contributed by atoms with Gasteiger partial charge in [-0.25, -0.2) is 4.79 Å². The smallest absolute Gasteiger partial charge is 0.343 e. The lowest BCUT2D eigenvalue weighted by Gasteiger charge is -2.06. The molecule has 1 aromatic heterocycles. The first-order chi connectivity index (χ1) is 7.59. The van der Waals surface area contributed by atoms with E-state index in [4.69, 9.17) is 14.3 Å². The van der Waals surface area contributed by atoms with Gasteiger partial charge < -0.3 is 14.3 Å². The average Bonchev–Trinajstić information content (AvgIpc) is 2.53. The zero-order valence-electron chi connectivity index (χ0n) is 9.06. The van der Waals surface area contributed by atoms with Crippen molar-refractivity contribution in [2.24, 2.45) is 0 Å². The van der Waals surface area contributed by atoms with Crippen molar-refractivity contribution in [2.75, 3.05) is 0 Å². The number of fused-ring (bicyclic) bond motifs is 1. The summed E-state index contributed by atoms with van der Waals surface area (Å²) in [6.07, 6.45) is -0.126. The van der Waals surface area contributed by atoms with E-state index in [-0.39, 0.29) is 17.6 Å². The molecule has 0 fully saturated rings. The summed E-state index contributed by atoms with van der Waals surface area (Å²) in [7, 11) is 0. The van der Waals surface area contributed by atoms with Gasteiger partial charge in [-0.2, -0.15) is 0 Å². The van der Waals surface area contributed by atoms with Crippen molar-refractivity contribution in [3.8, 4) is 5.95 Å². The van der Waals surface area contributed by atoms with E-state index in [1.54, 1.807) is 24.3 Å². The Morgan fingerprint density at radius 2 is 2.06 bits per heavy atom. The molecular weight excluding hydrogens is 208 g/mol. The molecule has 1 heterocycles. The SMILES string of the molecule is CC(C)Oc1oc2ccccc2c1C(=O)O. The monoisotopic (exact) mass is 220 g/mol. The summed E-state index contributed by atoms with van der Waals surface area (Å²) in [6, 6.07) is 6.98. The number of rotatable bonds is 3. The van der Waals surface area contributed by atoms with Crippen molar-refractivity contribution in [2.45, 2.75) is 20.0 Å². The first-order valence-electron chi connectivity index (χ1n) is 5.01. The Hall–Kier alpha value is -1.97. The van der Waals surface area contributed by atoms with Gasteiger partial charge in [0.25, 0.3) is 0 Å². The molecule has 84 valence electrons. The number of para-hydroxylation sites is 1. The van der Waals surface area contributed by atoms with E-state index in [0.717, 1.165) is 0 Å². The van der Waals surface area contributed by atoms with Crippen LogP contribution in [0.1, 0.15) is 24.2 Å². The molecule has 1 N–H and O–H groups in total. The number of aromatic carboxylic acids is 1. The highest BCUT2D eigenvalue weighted by molar-refractivity contribution is 6.04. The number of carboxylic acids is 1. The quantitative estimate of drug-likeness (QED) is 0.863. The average molecular weight is 220 g/mol. The van der Waals surface area contributed by atoms with Crippen molar-refractivity contribution in [1.29, 1.82) is 0 Å². The Morgan fingerprint density at radius 1 is 1.38 bits per heavy atom. The van der Waals surface area contributed by atoms with Gasteiger partial charge in [-0.3, -0.25) is 0 Å². The molecular formula is C12H12O4. The van der Waals surface area contributed by atoms with Crippen molar-refractivity contribution >= 4 is 16.9 Å². The second kappa shape index (κ2) is 3.89. The number of carbonyl (C=O) groups is 1. The minimum absolute atomic E-state index is 0.0729. The normalized spacial score (nSPS) is 10.9. The number of carboxylic acid groups (broad SMARTS) is 1. The van der Waals surface area contributed by atoms with Gasteiger partial charge in [-0.1, -0.05) is 18.2 Å². The lowest BCUT2D eigenvalue weighted by molar-refractivity contribution is 0.0687. The zero-order valence-corrected chi connectivity index (χ0v) is 9.06. The molecule has 0 radical (unpaired) electrons. The molecule has 0 atom stereocenters. The number of hydrogen-bond acceptors (Lipinski definition) is 3. The zero-order chi connectivity index (χ0) is 11.7. The van der Waals surface area contributed by atoms with Gasteiger partial charge in [-0.05, 0) is 19.9 Å². The molecule has 2 aromatic rings. The van der Waals surface area contributed by atoms with Crippen LogP contribution in [0.3, 0.4) is 0 Å². The predicted octanol–water partition coefficient (Wildman–Crippen LogP) is 2.92. The molecule has 16 heavy (non-hydrogen) atoms. The maximum absolute atomic E-state index is 11.1. The molecule has 0 saturated carbocycles. The molecule has 0 bridgehead atoms. The van der Waals surface area contributed by atoms with E-state index in [2.05, 4.69) is 0 Å². The van der Waals surface area contributed by atoms with Gasteiger partial charge in [-0.15, -0.1) is 0 Å². The summed E-state index contributed by atoms with van der Waals surface area (Å²) in [6.45, 7) is 3.64. The van der Waals surface area contributed by atoms with E-state index in [9.17, 15) is 4.79 Å². The first kappa shape index (κ1) is 10.5. The van der Waals surface area contributed by atoms with Crippen LogP contribution >= 0.6 is 0 Å². The summed E-state index contributed by atoms with van der Waals surface area (Å²) in [4.78, 5) is 11.1. The van der Waals surface area contributed by atoms with Crippen LogP contribution in [-0.2, 0) is 0 Å². The highest BCUT2D eigenvalue weighted by atomic mass is 16.6. The summed E-state index contributed by atoms with van der Waals surface area (Å²) >= 11 is 0. The van der Waals surface area contributed by atoms with Crippen LogP contribution in [0.4, 0.5) is 0 Å². The molecule has 1 aromatic carbocycles. The van der Waals surface area contributed by atoms with Crippen molar-refractivity contribution < 1.29 is 19.1 Å². The molecule has 0 aliphatic heterocycles. The van der Waals surface area contributed by atoms with Crippen LogP contribution in [0.5, 0.6) is 5.95 Å². The third-order valence-electron chi connectivity index (χ3n) is 2.12. The van der Waals surface area contributed by atoms with E-state index >= 15 is 0 Å². The van der Waals surface area contributed by atoms with Crippen molar-refractivity contribution in [3.63, 3.8) is 0 Å². The molecule has 0 saturated heterocycles. The maximum Gasteiger partial charge on any atom is 0.343 e. The molecule has 0 aliphatic carbocycles. The van der Waals surface area contributed by atoms with Gasteiger partial charge in [0.2, 0.25) is 0 Å². The Kier molecular flexibility index (Phi) is 2.56.